The molecule has 0 aliphatic rings. The number of nitriles is 2. The zero-order chi connectivity index (χ0) is 11.6. The molecule has 0 aliphatic heterocycles. The van der Waals surface area contributed by atoms with Crippen LogP contribution in [0.3, 0.4) is 0 Å². The predicted octanol–water partition coefficient (Wildman–Crippen LogP) is 2.44. The Morgan fingerprint density at radius 3 is 2.13 bits per heavy atom. The van der Waals surface area contributed by atoms with Crippen LogP contribution in [0.1, 0.15) is 42.0 Å². The van der Waals surface area contributed by atoms with Crippen LogP contribution in [0.2, 0.25) is 0 Å². The second-order valence-corrected chi connectivity index (χ2v) is 3.82. The molecule has 0 aromatic heterocycles. The predicted molar refractivity (Wildman–Crippen MR) is 59.1 cm³/mol. The summed E-state index contributed by atoms with van der Waals surface area (Å²) in [5, 5.41) is 17.9. The van der Waals surface area contributed by atoms with Crippen LogP contribution in [0, 0.1) is 29.6 Å². The van der Waals surface area contributed by atoms with Gasteiger partial charge in [-0.25, -0.2) is 0 Å². The molecule has 0 amide bonds. The van der Waals surface area contributed by atoms with Crippen LogP contribution in [0.15, 0.2) is 6.07 Å². The van der Waals surface area contributed by atoms with E-state index in [4.69, 9.17) is 16.3 Å². The van der Waals surface area contributed by atoms with E-state index in [1.165, 1.54) is 0 Å². The van der Waals surface area contributed by atoms with E-state index in [-0.39, 0.29) is 5.92 Å². The minimum atomic E-state index is 0.230. The van der Waals surface area contributed by atoms with E-state index in [1.54, 1.807) is 0 Å². The number of hydrogen-bond donors (Lipinski definition) is 1. The summed E-state index contributed by atoms with van der Waals surface area (Å²) in [7, 11) is 0. The highest BCUT2D eigenvalue weighted by Crippen LogP contribution is 2.29. The number of anilines is 1. The highest BCUT2D eigenvalue weighted by Gasteiger charge is 2.15. The molecule has 0 unspecified atom stereocenters. The third-order valence-corrected chi connectivity index (χ3v) is 2.44. The smallest absolute Gasteiger partial charge is 0.102 e. The molecule has 2 N–H and O–H groups in total. The first kappa shape index (κ1) is 11.1. The third-order valence-electron chi connectivity index (χ3n) is 2.44. The standard InChI is InChI=1S/C12H13N3/c1-7(2)9-4-8(3)10(5-13)12(15)11(9)6-14/h4,7H,15H2,1-3H3. The highest BCUT2D eigenvalue weighted by molar-refractivity contribution is 5.69. The largest absolute Gasteiger partial charge is 0.397 e. The molecule has 0 aliphatic carbocycles. The first-order valence-corrected chi connectivity index (χ1v) is 4.76. The molecule has 0 heterocycles. The van der Waals surface area contributed by atoms with Gasteiger partial charge in [-0.15, -0.1) is 0 Å². The quantitative estimate of drug-likeness (QED) is 0.706. The van der Waals surface area contributed by atoms with E-state index >= 15 is 0 Å². The zero-order valence-corrected chi connectivity index (χ0v) is 9.13. The molecule has 0 saturated carbocycles. The average Bonchev–Trinajstić information content (AvgIpc) is 2.17. The SMILES string of the molecule is Cc1cc(C(C)C)c(C#N)c(N)c1C#N. The molecule has 0 saturated heterocycles. The van der Waals surface area contributed by atoms with Gasteiger partial charge in [-0.05, 0) is 24.0 Å². The molecule has 3 heteroatoms. The molecule has 0 bridgehead atoms. The molecule has 0 fully saturated rings. The lowest BCUT2D eigenvalue weighted by Crippen LogP contribution is -2.03. The first-order chi connectivity index (χ1) is 7.02. The second kappa shape index (κ2) is 4.02. The molecule has 1 aromatic rings. The maximum absolute atomic E-state index is 9.02. The number of nitrogens with zero attached hydrogens (tertiary/aromatic N) is 2. The Morgan fingerprint density at radius 1 is 1.20 bits per heavy atom. The fraction of sp³-hybridized carbons (Fsp3) is 0.333. The van der Waals surface area contributed by atoms with Crippen molar-refractivity contribution < 1.29 is 0 Å². The van der Waals surface area contributed by atoms with Gasteiger partial charge in [0.05, 0.1) is 16.8 Å². The summed E-state index contributed by atoms with van der Waals surface area (Å²) < 4.78 is 0. The molecule has 0 radical (unpaired) electrons. The van der Waals surface area contributed by atoms with E-state index in [0.29, 0.717) is 16.8 Å². The Morgan fingerprint density at radius 2 is 1.73 bits per heavy atom. The molecule has 1 aromatic carbocycles. The van der Waals surface area contributed by atoms with E-state index < -0.39 is 0 Å². The molecule has 0 spiro atoms. The molecule has 0 atom stereocenters. The zero-order valence-electron chi connectivity index (χ0n) is 9.13. The van der Waals surface area contributed by atoms with Crippen LogP contribution in [0.5, 0.6) is 0 Å². The second-order valence-electron chi connectivity index (χ2n) is 3.82. The van der Waals surface area contributed by atoms with Crippen molar-refractivity contribution in [3.63, 3.8) is 0 Å². The molecule has 3 nitrogen and oxygen atoms in total. The maximum atomic E-state index is 9.02. The van der Waals surface area contributed by atoms with Crippen LogP contribution in [-0.4, -0.2) is 0 Å². The van der Waals surface area contributed by atoms with Crippen LogP contribution in [-0.2, 0) is 0 Å². The van der Waals surface area contributed by atoms with Gasteiger partial charge in [-0.1, -0.05) is 19.9 Å². The van der Waals surface area contributed by atoms with Gasteiger partial charge in [0.1, 0.15) is 12.1 Å². The molecule has 15 heavy (non-hydrogen) atoms. The summed E-state index contributed by atoms with van der Waals surface area (Å²) in [5.41, 5.74) is 8.70. The van der Waals surface area contributed by atoms with Crippen LogP contribution in [0.25, 0.3) is 0 Å². The van der Waals surface area contributed by atoms with Crippen molar-refractivity contribution in [1.82, 2.24) is 0 Å². The molecule has 1 rings (SSSR count). The van der Waals surface area contributed by atoms with Crippen molar-refractivity contribution in [3.8, 4) is 12.1 Å². The number of nitrogens with two attached hydrogens (primary N) is 1. The fourth-order valence-corrected chi connectivity index (χ4v) is 1.60. The van der Waals surface area contributed by atoms with Crippen molar-refractivity contribution in [3.05, 3.63) is 28.3 Å². The van der Waals surface area contributed by atoms with Gasteiger partial charge >= 0.3 is 0 Å². The highest BCUT2D eigenvalue weighted by atomic mass is 14.6. The molecular weight excluding hydrogens is 186 g/mol. The summed E-state index contributed by atoms with van der Waals surface area (Å²) in [5.74, 6) is 0.230. The lowest BCUT2D eigenvalue weighted by Gasteiger charge is -2.13. The molecular formula is C12H13N3. The van der Waals surface area contributed by atoms with Gasteiger partial charge in [0.2, 0.25) is 0 Å². The maximum Gasteiger partial charge on any atom is 0.102 e. The lowest BCUT2D eigenvalue weighted by molar-refractivity contribution is 0.861. The average molecular weight is 199 g/mol. The minimum Gasteiger partial charge on any atom is -0.397 e. The summed E-state index contributed by atoms with van der Waals surface area (Å²) in [6.07, 6.45) is 0. The summed E-state index contributed by atoms with van der Waals surface area (Å²) in [6, 6.07) is 5.97. The first-order valence-electron chi connectivity index (χ1n) is 4.76. The third kappa shape index (κ3) is 1.78. The fourth-order valence-electron chi connectivity index (χ4n) is 1.60. The summed E-state index contributed by atoms with van der Waals surface area (Å²) in [4.78, 5) is 0. The minimum absolute atomic E-state index is 0.230. The Hall–Kier alpha value is -2.00. The van der Waals surface area contributed by atoms with Crippen molar-refractivity contribution >= 4 is 5.69 Å². The van der Waals surface area contributed by atoms with E-state index in [0.717, 1.165) is 11.1 Å². The van der Waals surface area contributed by atoms with Crippen LogP contribution >= 0.6 is 0 Å². The van der Waals surface area contributed by atoms with Gasteiger partial charge in [-0.3, -0.25) is 0 Å². The van der Waals surface area contributed by atoms with Crippen LogP contribution in [0.4, 0.5) is 5.69 Å². The summed E-state index contributed by atoms with van der Waals surface area (Å²) in [6.45, 7) is 5.84. The van der Waals surface area contributed by atoms with Gasteiger partial charge in [0.25, 0.3) is 0 Å². The van der Waals surface area contributed by atoms with Crippen molar-refractivity contribution in [2.24, 2.45) is 0 Å². The molecule has 76 valence electrons. The van der Waals surface area contributed by atoms with Crippen molar-refractivity contribution in [2.45, 2.75) is 26.7 Å². The monoisotopic (exact) mass is 199 g/mol. The summed E-state index contributed by atoms with van der Waals surface area (Å²) >= 11 is 0. The van der Waals surface area contributed by atoms with Crippen molar-refractivity contribution in [2.75, 3.05) is 5.73 Å². The van der Waals surface area contributed by atoms with Crippen molar-refractivity contribution in [1.29, 1.82) is 10.5 Å². The Labute approximate surface area is 89.7 Å². The Bertz CT molecular complexity index is 473. The number of nitrogen functional groups attached to an aromatic ring is 1. The van der Waals surface area contributed by atoms with Crippen LogP contribution < -0.4 is 5.73 Å². The number of aryl methyl sites for hydroxylation is 1. The van der Waals surface area contributed by atoms with Gasteiger partial charge in [0.15, 0.2) is 0 Å². The Kier molecular flexibility index (Phi) is 2.97. The van der Waals surface area contributed by atoms with E-state index in [2.05, 4.69) is 6.07 Å². The van der Waals surface area contributed by atoms with Gasteiger partial charge in [-0.2, -0.15) is 10.5 Å². The van der Waals surface area contributed by atoms with Gasteiger partial charge < -0.3 is 5.73 Å². The number of rotatable bonds is 1. The normalized spacial score (nSPS) is 9.73. The Balaban J connectivity index is 3.63. The van der Waals surface area contributed by atoms with Gasteiger partial charge in [0, 0.05) is 0 Å². The lowest BCUT2D eigenvalue weighted by atomic mass is 9.91. The van der Waals surface area contributed by atoms with E-state index in [1.807, 2.05) is 32.9 Å². The topological polar surface area (TPSA) is 73.6 Å². The number of hydrogen-bond acceptors (Lipinski definition) is 3. The van der Waals surface area contributed by atoms with E-state index in [9.17, 15) is 0 Å². The number of benzene rings is 1.